The zero-order valence-corrected chi connectivity index (χ0v) is 11.2. The number of nitrogens with one attached hydrogen (secondary N) is 1. The highest BCUT2D eigenvalue weighted by atomic mass is 15.2. The van der Waals surface area contributed by atoms with Gasteiger partial charge in [0.25, 0.3) is 0 Å². The molecule has 0 saturated heterocycles. The molecule has 0 fully saturated rings. The second-order valence-corrected chi connectivity index (χ2v) is 4.89. The van der Waals surface area contributed by atoms with Gasteiger partial charge in [0.05, 0.1) is 14.1 Å². The predicted octanol–water partition coefficient (Wildman–Crippen LogP) is 2.15. The lowest BCUT2D eigenvalue weighted by Crippen LogP contribution is -2.31. The van der Waals surface area contributed by atoms with Crippen LogP contribution in [-0.4, -0.2) is 19.1 Å². The van der Waals surface area contributed by atoms with Crippen LogP contribution in [0.3, 0.4) is 0 Å². The van der Waals surface area contributed by atoms with Gasteiger partial charge in [-0.15, -0.1) is 0 Å². The lowest BCUT2D eigenvalue weighted by atomic mass is 10.1. The van der Waals surface area contributed by atoms with Crippen LogP contribution in [0.2, 0.25) is 0 Å². The summed E-state index contributed by atoms with van der Waals surface area (Å²) in [5, 5.41) is 9.37. The van der Waals surface area contributed by atoms with E-state index in [9.17, 15) is 5.26 Å². The molecule has 0 unspecified atom stereocenters. The number of anilines is 1. The Labute approximate surface area is 111 Å². The van der Waals surface area contributed by atoms with Gasteiger partial charge in [-0.2, -0.15) is 9.66 Å². The third kappa shape index (κ3) is 1.55. The molecular formula is C15H15N4+. The highest BCUT2D eigenvalue weighted by Gasteiger charge is 2.20. The maximum atomic E-state index is 9.37. The number of nitriles is 1. The number of aromatic amines is 1. The van der Waals surface area contributed by atoms with E-state index in [2.05, 4.69) is 26.4 Å². The molecule has 0 atom stereocenters. The van der Waals surface area contributed by atoms with Gasteiger partial charge in [-0.05, 0) is 24.6 Å². The maximum Gasteiger partial charge on any atom is 0.250 e. The number of fused-ring (bicyclic) bond motifs is 3. The minimum absolute atomic E-state index is 0.696. The van der Waals surface area contributed by atoms with E-state index in [1.54, 1.807) is 0 Å². The number of pyridine rings is 1. The molecule has 4 heteroatoms. The number of nitrogens with zero attached hydrogens (tertiary/aromatic N) is 3. The average molecular weight is 251 g/mol. The molecule has 0 aliphatic carbocycles. The van der Waals surface area contributed by atoms with Crippen molar-refractivity contribution < 1.29 is 4.40 Å². The van der Waals surface area contributed by atoms with E-state index >= 15 is 0 Å². The van der Waals surface area contributed by atoms with Crippen LogP contribution in [0, 0.1) is 18.3 Å². The third-order valence-corrected chi connectivity index (χ3v) is 3.40. The number of aromatic nitrogens is 2. The number of para-hydroxylation sites is 2. The predicted molar refractivity (Wildman–Crippen MR) is 75.2 cm³/mol. The summed E-state index contributed by atoms with van der Waals surface area (Å²) in [4.78, 5) is 5.40. The fourth-order valence-corrected chi connectivity index (χ4v) is 2.48. The molecule has 1 aromatic carbocycles. The fourth-order valence-electron chi connectivity index (χ4n) is 2.48. The molecule has 19 heavy (non-hydrogen) atoms. The standard InChI is InChI=1S/C15H14N4/c1-10-8-14(18(2)3)19-13-7-5-4-6-12(13)17-15(19)11(10)9-16/h4-8H,1-3H3/p+1. The molecule has 3 rings (SSSR count). The number of hydrogen-bond acceptors (Lipinski definition) is 2. The number of H-pyrrole nitrogens is 1. The molecular weight excluding hydrogens is 236 g/mol. The lowest BCUT2D eigenvalue weighted by Gasteiger charge is -2.10. The van der Waals surface area contributed by atoms with Crippen molar-refractivity contribution in [2.24, 2.45) is 0 Å². The zero-order chi connectivity index (χ0) is 13.6. The van der Waals surface area contributed by atoms with Crippen molar-refractivity contribution >= 4 is 22.5 Å². The van der Waals surface area contributed by atoms with E-state index in [-0.39, 0.29) is 0 Å². The first-order chi connectivity index (χ1) is 9.13. The van der Waals surface area contributed by atoms with Crippen LogP contribution in [-0.2, 0) is 0 Å². The van der Waals surface area contributed by atoms with Gasteiger partial charge in [0, 0.05) is 6.07 Å². The number of aryl methyl sites for hydroxylation is 1. The Morgan fingerprint density at radius 3 is 2.68 bits per heavy atom. The third-order valence-electron chi connectivity index (χ3n) is 3.40. The molecule has 2 heterocycles. The molecule has 94 valence electrons. The Morgan fingerprint density at radius 1 is 1.26 bits per heavy atom. The van der Waals surface area contributed by atoms with Gasteiger partial charge in [0.15, 0.2) is 0 Å². The van der Waals surface area contributed by atoms with E-state index in [1.807, 2.05) is 45.3 Å². The first kappa shape index (κ1) is 11.5. The summed E-state index contributed by atoms with van der Waals surface area (Å²) in [6.45, 7) is 1.97. The van der Waals surface area contributed by atoms with Crippen molar-refractivity contribution in [3.63, 3.8) is 0 Å². The minimum Gasteiger partial charge on any atom is -0.298 e. The molecule has 1 N–H and O–H groups in total. The van der Waals surface area contributed by atoms with Gasteiger partial charge in [-0.3, -0.25) is 9.88 Å². The summed E-state index contributed by atoms with van der Waals surface area (Å²) in [6, 6.07) is 12.4. The van der Waals surface area contributed by atoms with Crippen LogP contribution in [0.1, 0.15) is 11.1 Å². The fraction of sp³-hybridized carbons (Fsp3) is 0.200. The number of benzene rings is 1. The van der Waals surface area contributed by atoms with Crippen molar-refractivity contribution in [1.29, 1.82) is 5.26 Å². The van der Waals surface area contributed by atoms with Crippen molar-refractivity contribution in [1.82, 2.24) is 4.98 Å². The molecule has 0 amide bonds. The number of hydrogen-bond donors (Lipinski definition) is 1. The highest BCUT2D eigenvalue weighted by molar-refractivity contribution is 5.77. The molecule has 4 nitrogen and oxygen atoms in total. The Bertz CT molecular complexity index is 821. The van der Waals surface area contributed by atoms with E-state index < -0.39 is 0 Å². The highest BCUT2D eigenvalue weighted by Crippen LogP contribution is 2.20. The molecule has 0 aliphatic rings. The summed E-state index contributed by atoms with van der Waals surface area (Å²) >= 11 is 0. The van der Waals surface area contributed by atoms with Gasteiger partial charge in [-0.1, -0.05) is 12.1 Å². The Balaban J connectivity index is 2.61. The van der Waals surface area contributed by atoms with E-state index in [1.165, 1.54) is 0 Å². The van der Waals surface area contributed by atoms with Crippen molar-refractivity contribution in [3.8, 4) is 6.07 Å². The maximum absolute atomic E-state index is 9.37. The van der Waals surface area contributed by atoms with Crippen LogP contribution < -0.4 is 9.30 Å². The summed E-state index contributed by atoms with van der Waals surface area (Å²) in [5.41, 5.74) is 4.65. The normalized spacial score (nSPS) is 10.8. The van der Waals surface area contributed by atoms with Crippen LogP contribution in [0.25, 0.3) is 16.7 Å². The Hall–Kier alpha value is -2.54. The molecule has 0 spiro atoms. The summed E-state index contributed by atoms with van der Waals surface area (Å²) < 4.78 is 2.10. The molecule has 2 aromatic heterocycles. The van der Waals surface area contributed by atoms with E-state index in [0.717, 1.165) is 28.1 Å². The number of rotatable bonds is 1. The smallest absolute Gasteiger partial charge is 0.250 e. The second-order valence-electron chi connectivity index (χ2n) is 4.89. The number of imidazole rings is 1. The van der Waals surface area contributed by atoms with Crippen LogP contribution >= 0.6 is 0 Å². The topological polar surface area (TPSA) is 46.9 Å². The van der Waals surface area contributed by atoms with Crippen LogP contribution in [0.5, 0.6) is 0 Å². The zero-order valence-electron chi connectivity index (χ0n) is 11.2. The first-order valence-electron chi connectivity index (χ1n) is 6.17. The lowest BCUT2D eigenvalue weighted by molar-refractivity contribution is -0.467. The summed E-state index contributed by atoms with van der Waals surface area (Å²) in [6.07, 6.45) is 0. The van der Waals surface area contributed by atoms with E-state index in [0.29, 0.717) is 5.56 Å². The van der Waals surface area contributed by atoms with Gasteiger partial charge < -0.3 is 0 Å². The summed E-state index contributed by atoms with van der Waals surface area (Å²) in [5.74, 6) is 1.06. The Kier molecular flexibility index (Phi) is 2.42. The molecule has 0 bridgehead atoms. The van der Waals surface area contributed by atoms with Crippen LogP contribution in [0.4, 0.5) is 5.82 Å². The Morgan fingerprint density at radius 2 is 2.00 bits per heavy atom. The monoisotopic (exact) mass is 251 g/mol. The molecule has 3 aromatic rings. The summed E-state index contributed by atoms with van der Waals surface area (Å²) in [7, 11) is 4.02. The van der Waals surface area contributed by atoms with Crippen molar-refractivity contribution in [3.05, 3.63) is 41.5 Å². The molecule has 0 radical (unpaired) electrons. The quantitative estimate of drug-likeness (QED) is 0.674. The van der Waals surface area contributed by atoms with Gasteiger partial charge >= 0.3 is 0 Å². The SMILES string of the molecule is Cc1cc(N(C)C)[n+]2c([nH]c3ccccc32)c1C#N. The first-order valence-corrected chi connectivity index (χ1v) is 6.17. The van der Waals surface area contributed by atoms with Gasteiger partial charge in [-0.25, -0.2) is 0 Å². The largest absolute Gasteiger partial charge is 0.298 e. The minimum atomic E-state index is 0.696. The molecule has 0 aliphatic heterocycles. The van der Waals surface area contributed by atoms with Gasteiger partial charge in [0.1, 0.15) is 22.7 Å². The van der Waals surface area contributed by atoms with Crippen LogP contribution in [0.15, 0.2) is 30.3 Å². The van der Waals surface area contributed by atoms with E-state index in [4.69, 9.17) is 0 Å². The van der Waals surface area contributed by atoms with Crippen molar-refractivity contribution in [2.45, 2.75) is 6.92 Å². The van der Waals surface area contributed by atoms with Crippen molar-refractivity contribution in [2.75, 3.05) is 19.0 Å². The molecule has 0 saturated carbocycles. The average Bonchev–Trinajstić information content (AvgIpc) is 2.76. The van der Waals surface area contributed by atoms with Gasteiger partial charge in [0.2, 0.25) is 11.5 Å². The second kappa shape index (κ2) is 3.99.